The number of quaternary nitrogens is 1. The number of carboxylic acids is 1. The van der Waals surface area contributed by atoms with E-state index in [0.717, 1.165) is 18.7 Å². The molecule has 2 N–H and O–H groups in total. The van der Waals surface area contributed by atoms with Gasteiger partial charge < -0.3 is 14.9 Å². The Morgan fingerprint density at radius 1 is 0.951 bits per heavy atom. The van der Waals surface area contributed by atoms with Crippen LogP contribution in [0.2, 0.25) is 0 Å². The highest BCUT2D eigenvalue weighted by Crippen LogP contribution is 2.34. The van der Waals surface area contributed by atoms with Crippen molar-refractivity contribution in [3.8, 4) is 0 Å². The molecule has 1 fully saturated rings. The molecular formula is C29H32F3N2O6P. The van der Waals surface area contributed by atoms with E-state index in [1.807, 2.05) is 48.5 Å². The van der Waals surface area contributed by atoms with E-state index < -0.39 is 20.0 Å². The molecule has 0 bridgehead atoms. The molecule has 3 aromatic carbocycles. The predicted molar refractivity (Wildman–Crippen MR) is 146 cm³/mol. The molecule has 3 aromatic rings. The maximum absolute atomic E-state index is 11.4. The lowest BCUT2D eigenvalue weighted by atomic mass is 9.96. The summed E-state index contributed by atoms with van der Waals surface area (Å²) in [7, 11) is -4.80. The normalized spacial score (nSPS) is 17.0. The molecule has 12 heteroatoms. The summed E-state index contributed by atoms with van der Waals surface area (Å²) in [6.45, 7) is 3.48. The fourth-order valence-electron chi connectivity index (χ4n) is 4.58. The summed E-state index contributed by atoms with van der Waals surface area (Å²) in [6, 6.07) is 31.0. The number of aliphatic carboxylic acids is 1. The van der Waals surface area contributed by atoms with E-state index in [2.05, 4.69) is 59.5 Å². The van der Waals surface area contributed by atoms with Crippen molar-refractivity contribution < 1.29 is 46.4 Å². The van der Waals surface area contributed by atoms with E-state index in [4.69, 9.17) is 14.4 Å². The lowest BCUT2D eigenvalue weighted by molar-refractivity contribution is -0.941. The molecule has 1 heterocycles. The molecule has 1 aliphatic heterocycles. The van der Waals surface area contributed by atoms with Crippen molar-refractivity contribution in [2.45, 2.75) is 12.2 Å². The monoisotopic (exact) mass is 592 g/mol. The summed E-state index contributed by atoms with van der Waals surface area (Å²) in [6.07, 6.45) is -0.980. The van der Waals surface area contributed by atoms with Crippen molar-refractivity contribution in [3.05, 3.63) is 114 Å². The van der Waals surface area contributed by atoms with Crippen LogP contribution in [0, 0.1) is 0 Å². The highest BCUT2D eigenvalue weighted by Gasteiger charge is 2.38. The number of halogens is 3. The van der Waals surface area contributed by atoms with E-state index >= 15 is 0 Å². The molecule has 220 valence electrons. The molecule has 1 unspecified atom stereocenters. The van der Waals surface area contributed by atoms with Gasteiger partial charge >= 0.3 is 12.1 Å². The van der Waals surface area contributed by atoms with Crippen LogP contribution < -0.4 is 4.89 Å². The van der Waals surface area contributed by atoms with Gasteiger partial charge in [0.15, 0.2) is 6.73 Å². The highest BCUT2D eigenvalue weighted by atomic mass is 31.2. The van der Waals surface area contributed by atoms with Gasteiger partial charge in [-0.3, -0.25) is 18.5 Å². The van der Waals surface area contributed by atoms with Gasteiger partial charge in [0.1, 0.15) is 0 Å². The Balaban J connectivity index is 0.000000587. The van der Waals surface area contributed by atoms with Crippen molar-refractivity contribution in [2.24, 2.45) is 0 Å². The first-order valence-electron chi connectivity index (χ1n) is 12.8. The first-order chi connectivity index (χ1) is 19.4. The van der Waals surface area contributed by atoms with Crippen LogP contribution >= 0.6 is 7.82 Å². The van der Waals surface area contributed by atoms with Crippen molar-refractivity contribution in [3.63, 3.8) is 0 Å². The van der Waals surface area contributed by atoms with E-state index in [0.29, 0.717) is 24.1 Å². The maximum Gasteiger partial charge on any atom is 0.490 e. The number of rotatable bonds is 9. The predicted octanol–water partition coefficient (Wildman–Crippen LogP) is 4.69. The molecule has 0 saturated carbocycles. The van der Waals surface area contributed by atoms with E-state index in [-0.39, 0.29) is 12.8 Å². The summed E-state index contributed by atoms with van der Waals surface area (Å²) >= 11 is 0. The summed E-state index contributed by atoms with van der Waals surface area (Å²) in [4.78, 5) is 32.0. The summed E-state index contributed by atoms with van der Waals surface area (Å²) in [5.41, 5.74) is 3.55. The van der Waals surface area contributed by atoms with Crippen molar-refractivity contribution in [1.82, 2.24) is 4.90 Å². The Labute approximate surface area is 236 Å². The third-order valence-electron chi connectivity index (χ3n) is 6.66. The SMILES string of the molecule is O=C(O)C(F)(F)F.O=P([O-])(O)OC[N+]1(C/C=C/c2ccccc2)CCN(C(c2ccccc2)c2ccccc2)CC1. The maximum atomic E-state index is 11.4. The highest BCUT2D eigenvalue weighted by molar-refractivity contribution is 7.44. The molecule has 0 spiro atoms. The van der Waals surface area contributed by atoms with Crippen LogP contribution in [0.4, 0.5) is 13.2 Å². The number of hydrogen-bond acceptors (Lipinski definition) is 5. The van der Waals surface area contributed by atoms with E-state index in [1.54, 1.807) is 0 Å². The van der Waals surface area contributed by atoms with Crippen molar-refractivity contribution in [2.75, 3.05) is 39.5 Å². The number of piperazine rings is 1. The number of benzene rings is 3. The quantitative estimate of drug-likeness (QED) is 0.274. The third-order valence-corrected chi connectivity index (χ3v) is 7.10. The van der Waals surface area contributed by atoms with Crippen LogP contribution in [0.1, 0.15) is 22.7 Å². The summed E-state index contributed by atoms with van der Waals surface area (Å²) in [5.74, 6) is -2.76. The van der Waals surface area contributed by atoms with Gasteiger partial charge in [-0.15, -0.1) is 0 Å². The first-order valence-corrected chi connectivity index (χ1v) is 14.3. The number of phosphoric ester groups is 1. The lowest BCUT2D eigenvalue weighted by Crippen LogP contribution is -2.60. The molecule has 41 heavy (non-hydrogen) atoms. The zero-order valence-corrected chi connectivity index (χ0v) is 23.0. The second kappa shape index (κ2) is 14.5. The number of phosphoric acid groups is 1. The van der Waals surface area contributed by atoms with Gasteiger partial charge in [0, 0.05) is 13.1 Å². The Hall–Kier alpha value is -3.31. The van der Waals surface area contributed by atoms with Crippen molar-refractivity contribution in [1.29, 1.82) is 0 Å². The molecule has 0 radical (unpaired) electrons. The van der Waals surface area contributed by atoms with Gasteiger partial charge in [-0.25, -0.2) is 4.79 Å². The largest absolute Gasteiger partial charge is 0.756 e. The van der Waals surface area contributed by atoms with Crippen LogP contribution in [-0.2, 0) is 13.9 Å². The van der Waals surface area contributed by atoms with Crippen LogP contribution in [-0.4, -0.2) is 71.0 Å². The second-order valence-electron chi connectivity index (χ2n) is 9.57. The van der Waals surface area contributed by atoms with Gasteiger partial charge in [0.2, 0.25) is 0 Å². The number of alkyl halides is 3. The minimum atomic E-state index is -5.08. The van der Waals surface area contributed by atoms with Gasteiger partial charge in [0.05, 0.1) is 25.7 Å². The molecular weight excluding hydrogens is 560 g/mol. The topological polar surface area (TPSA) is 110 Å². The zero-order chi connectivity index (χ0) is 29.9. The fourth-order valence-corrected chi connectivity index (χ4v) is 4.97. The van der Waals surface area contributed by atoms with E-state index in [1.165, 1.54) is 11.1 Å². The van der Waals surface area contributed by atoms with Gasteiger partial charge in [-0.2, -0.15) is 13.2 Å². The Morgan fingerprint density at radius 3 is 1.80 bits per heavy atom. The molecule has 1 atom stereocenters. The number of carbonyl (C=O) groups is 1. The number of hydrogen-bond donors (Lipinski definition) is 2. The van der Waals surface area contributed by atoms with Crippen LogP contribution in [0.3, 0.4) is 0 Å². The fraction of sp³-hybridized carbons (Fsp3) is 0.276. The van der Waals surface area contributed by atoms with Crippen LogP contribution in [0.5, 0.6) is 0 Å². The van der Waals surface area contributed by atoms with Crippen LogP contribution in [0.25, 0.3) is 6.08 Å². The smallest absolute Gasteiger partial charge is 0.490 e. The molecule has 0 aliphatic carbocycles. The van der Waals surface area contributed by atoms with Crippen molar-refractivity contribution >= 4 is 19.9 Å². The van der Waals surface area contributed by atoms with E-state index in [9.17, 15) is 27.5 Å². The first kappa shape index (κ1) is 32.2. The molecule has 1 aliphatic rings. The molecule has 0 amide bonds. The van der Waals surface area contributed by atoms with Crippen LogP contribution in [0.15, 0.2) is 97.1 Å². The number of nitrogens with zero attached hydrogens (tertiary/aromatic N) is 2. The summed E-state index contributed by atoms with van der Waals surface area (Å²) < 4.78 is 48.5. The van der Waals surface area contributed by atoms with Gasteiger partial charge in [-0.05, 0) is 22.8 Å². The Bertz CT molecular complexity index is 1260. The molecule has 8 nitrogen and oxygen atoms in total. The molecule has 1 saturated heterocycles. The standard InChI is InChI=1S/C27H31N2O4P.C2HF3O2/c30-34(31,32)33-23-29(20-10-13-24-11-4-1-5-12-24)21-18-28(19-22-29)27(25-14-6-2-7-15-25)26-16-8-3-9-17-26;3-2(4,5)1(6)7/h1-17,27H,18-23H2,(H-,30,31,32);(H,6,7)/b13-10+;. The van der Waals surface area contributed by atoms with Gasteiger partial charge in [-0.1, -0.05) is 97.1 Å². The lowest BCUT2D eigenvalue weighted by Gasteiger charge is -2.46. The molecule has 4 rings (SSSR count). The number of carboxylic acid groups (broad SMARTS) is 1. The average molecular weight is 593 g/mol. The Morgan fingerprint density at radius 2 is 1.39 bits per heavy atom. The minimum Gasteiger partial charge on any atom is -0.756 e. The molecule has 0 aromatic heterocycles. The van der Waals surface area contributed by atoms with Gasteiger partial charge in [0.25, 0.3) is 7.82 Å². The average Bonchev–Trinajstić information content (AvgIpc) is 2.94. The minimum absolute atomic E-state index is 0.0778. The second-order valence-corrected chi connectivity index (χ2v) is 10.8. The zero-order valence-electron chi connectivity index (χ0n) is 22.1. The summed E-state index contributed by atoms with van der Waals surface area (Å²) in [5, 5.41) is 7.12. The Kier molecular flexibility index (Phi) is 11.4. The third kappa shape index (κ3) is 10.6.